The number of carbonyl (C=O) groups excluding carboxylic acids is 2. The van der Waals surface area contributed by atoms with Gasteiger partial charge in [-0.15, -0.1) is 0 Å². The molecule has 2 aliphatic rings. The molecule has 156 valence electrons. The van der Waals surface area contributed by atoms with E-state index in [2.05, 4.69) is 29.2 Å². The number of amides is 3. The van der Waals surface area contributed by atoms with Gasteiger partial charge in [0.2, 0.25) is 5.91 Å². The zero-order valence-corrected chi connectivity index (χ0v) is 17.2. The van der Waals surface area contributed by atoms with E-state index in [1.807, 2.05) is 53.4 Å². The largest absolute Gasteiger partial charge is 0.339 e. The van der Waals surface area contributed by atoms with Gasteiger partial charge in [0.1, 0.15) is 6.54 Å². The smallest absolute Gasteiger partial charge is 0.325 e. The standard InChI is InChI=1S/C24H28N4O2/c29-23(20-27-18-19-28(24(27)30)22-11-5-2-6-12-22)26-16-14-25(15-17-26)13-7-10-21-8-3-1-4-9-21/h1-12H,13-20H2/b10-7+. The highest BCUT2D eigenvalue weighted by molar-refractivity contribution is 5.96. The molecule has 0 radical (unpaired) electrons. The van der Waals surface area contributed by atoms with Gasteiger partial charge in [-0.1, -0.05) is 60.7 Å². The Morgan fingerprint density at radius 3 is 2.20 bits per heavy atom. The van der Waals surface area contributed by atoms with Crippen LogP contribution in [-0.4, -0.2) is 79.0 Å². The summed E-state index contributed by atoms with van der Waals surface area (Å²) < 4.78 is 0. The summed E-state index contributed by atoms with van der Waals surface area (Å²) in [7, 11) is 0. The maximum absolute atomic E-state index is 12.7. The van der Waals surface area contributed by atoms with Crippen LogP contribution < -0.4 is 4.90 Å². The Hall–Kier alpha value is -3.12. The molecule has 0 aliphatic carbocycles. The minimum absolute atomic E-state index is 0.0396. The number of piperazine rings is 1. The summed E-state index contributed by atoms with van der Waals surface area (Å²) in [5.41, 5.74) is 2.08. The van der Waals surface area contributed by atoms with Crippen LogP contribution in [0.4, 0.5) is 10.5 Å². The number of rotatable bonds is 6. The lowest BCUT2D eigenvalue weighted by molar-refractivity contribution is -0.133. The summed E-state index contributed by atoms with van der Waals surface area (Å²) >= 11 is 0. The highest BCUT2D eigenvalue weighted by atomic mass is 16.2. The fourth-order valence-electron chi connectivity index (χ4n) is 3.92. The molecule has 2 aliphatic heterocycles. The molecule has 4 rings (SSSR count). The molecule has 6 nitrogen and oxygen atoms in total. The summed E-state index contributed by atoms with van der Waals surface area (Å²) in [6.07, 6.45) is 4.31. The first-order valence-corrected chi connectivity index (χ1v) is 10.5. The monoisotopic (exact) mass is 404 g/mol. The van der Waals surface area contributed by atoms with Crippen molar-refractivity contribution in [1.82, 2.24) is 14.7 Å². The SMILES string of the molecule is O=C(CN1CCN(c2ccccc2)C1=O)N1CCN(C/C=C/c2ccccc2)CC1. The molecule has 0 unspecified atom stereocenters. The van der Waals surface area contributed by atoms with Crippen LogP contribution in [0, 0.1) is 0 Å². The lowest BCUT2D eigenvalue weighted by Gasteiger charge is -2.35. The maximum atomic E-state index is 12.7. The Balaban J connectivity index is 1.22. The summed E-state index contributed by atoms with van der Waals surface area (Å²) in [5.74, 6) is 0.0396. The summed E-state index contributed by atoms with van der Waals surface area (Å²) in [5, 5.41) is 0. The Bertz CT molecular complexity index is 877. The van der Waals surface area contributed by atoms with Gasteiger partial charge >= 0.3 is 6.03 Å². The molecule has 3 amide bonds. The zero-order chi connectivity index (χ0) is 20.8. The second-order valence-corrected chi connectivity index (χ2v) is 7.69. The lowest BCUT2D eigenvalue weighted by atomic mass is 10.2. The number of carbonyl (C=O) groups is 2. The Morgan fingerprint density at radius 1 is 0.833 bits per heavy atom. The van der Waals surface area contributed by atoms with E-state index in [1.54, 1.807) is 9.80 Å². The topological polar surface area (TPSA) is 47.1 Å². The van der Waals surface area contributed by atoms with Crippen molar-refractivity contribution in [3.8, 4) is 0 Å². The third-order valence-electron chi connectivity index (χ3n) is 5.69. The van der Waals surface area contributed by atoms with Crippen LogP contribution >= 0.6 is 0 Å². The minimum Gasteiger partial charge on any atom is -0.339 e. The van der Waals surface area contributed by atoms with Crippen LogP contribution in [0.5, 0.6) is 0 Å². The van der Waals surface area contributed by atoms with Gasteiger partial charge in [0.05, 0.1) is 0 Å². The van der Waals surface area contributed by atoms with Crippen molar-refractivity contribution in [2.75, 3.05) is 57.3 Å². The molecule has 2 heterocycles. The number of hydrogen-bond acceptors (Lipinski definition) is 3. The predicted octanol–water partition coefficient (Wildman–Crippen LogP) is 2.79. The molecule has 2 fully saturated rings. The van der Waals surface area contributed by atoms with E-state index in [0.29, 0.717) is 26.2 Å². The number of hydrogen-bond donors (Lipinski definition) is 0. The van der Waals surface area contributed by atoms with Crippen molar-refractivity contribution in [1.29, 1.82) is 0 Å². The number of benzene rings is 2. The Kier molecular flexibility index (Phi) is 6.44. The molecule has 0 saturated carbocycles. The maximum Gasteiger partial charge on any atom is 0.325 e. The first kappa shape index (κ1) is 20.2. The van der Waals surface area contributed by atoms with Gasteiger partial charge in [0.15, 0.2) is 0 Å². The summed E-state index contributed by atoms with van der Waals surface area (Å²) in [4.78, 5) is 33.0. The van der Waals surface area contributed by atoms with E-state index in [1.165, 1.54) is 5.56 Å². The Labute approximate surface area is 178 Å². The molecule has 0 spiro atoms. The van der Waals surface area contributed by atoms with Crippen LogP contribution in [0.25, 0.3) is 6.08 Å². The van der Waals surface area contributed by atoms with E-state index in [-0.39, 0.29) is 18.5 Å². The van der Waals surface area contributed by atoms with Gasteiger partial charge in [0, 0.05) is 51.5 Å². The highest BCUT2D eigenvalue weighted by Gasteiger charge is 2.32. The van der Waals surface area contributed by atoms with Crippen molar-refractivity contribution in [3.05, 3.63) is 72.3 Å². The lowest BCUT2D eigenvalue weighted by Crippen LogP contribution is -2.51. The van der Waals surface area contributed by atoms with Gasteiger partial charge in [-0.05, 0) is 17.7 Å². The van der Waals surface area contributed by atoms with Crippen LogP contribution in [0.3, 0.4) is 0 Å². The molecule has 2 aromatic rings. The average Bonchev–Trinajstić information content (AvgIpc) is 3.15. The van der Waals surface area contributed by atoms with Crippen molar-refractivity contribution < 1.29 is 9.59 Å². The Morgan fingerprint density at radius 2 is 1.50 bits per heavy atom. The van der Waals surface area contributed by atoms with Crippen molar-refractivity contribution in [3.63, 3.8) is 0 Å². The second kappa shape index (κ2) is 9.59. The van der Waals surface area contributed by atoms with Gasteiger partial charge < -0.3 is 9.80 Å². The van der Waals surface area contributed by atoms with Crippen molar-refractivity contribution in [2.24, 2.45) is 0 Å². The molecule has 0 aromatic heterocycles. The van der Waals surface area contributed by atoms with Crippen molar-refractivity contribution in [2.45, 2.75) is 0 Å². The van der Waals surface area contributed by atoms with E-state index >= 15 is 0 Å². The number of urea groups is 1. The van der Waals surface area contributed by atoms with E-state index < -0.39 is 0 Å². The van der Waals surface area contributed by atoms with Crippen LogP contribution in [-0.2, 0) is 4.79 Å². The third kappa shape index (κ3) is 4.89. The first-order chi connectivity index (χ1) is 14.7. The number of para-hydroxylation sites is 1. The normalized spacial score (nSPS) is 17.9. The summed E-state index contributed by atoms with van der Waals surface area (Å²) in [6, 6.07) is 19.8. The predicted molar refractivity (Wildman–Crippen MR) is 119 cm³/mol. The molecule has 2 saturated heterocycles. The molecule has 2 aromatic carbocycles. The highest BCUT2D eigenvalue weighted by Crippen LogP contribution is 2.19. The zero-order valence-electron chi connectivity index (χ0n) is 17.2. The van der Waals surface area contributed by atoms with E-state index in [0.717, 1.165) is 25.3 Å². The van der Waals surface area contributed by atoms with Gasteiger partial charge in [0.25, 0.3) is 0 Å². The van der Waals surface area contributed by atoms with E-state index in [4.69, 9.17) is 0 Å². The van der Waals surface area contributed by atoms with E-state index in [9.17, 15) is 9.59 Å². The quantitative estimate of drug-likeness (QED) is 0.744. The molecule has 0 N–H and O–H groups in total. The first-order valence-electron chi connectivity index (χ1n) is 10.5. The molecular formula is C24H28N4O2. The van der Waals surface area contributed by atoms with Crippen molar-refractivity contribution >= 4 is 23.7 Å². The van der Waals surface area contributed by atoms with Gasteiger partial charge in [-0.2, -0.15) is 0 Å². The summed E-state index contributed by atoms with van der Waals surface area (Å²) in [6.45, 7) is 5.39. The minimum atomic E-state index is -0.0840. The number of anilines is 1. The molecule has 0 bridgehead atoms. The van der Waals surface area contributed by atoms with Gasteiger partial charge in [-0.25, -0.2) is 4.79 Å². The van der Waals surface area contributed by atoms with Gasteiger partial charge in [-0.3, -0.25) is 14.6 Å². The third-order valence-corrected chi connectivity index (χ3v) is 5.69. The molecule has 30 heavy (non-hydrogen) atoms. The fourth-order valence-corrected chi connectivity index (χ4v) is 3.92. The van der Waals surface area contributed by atoms with Crippen LogP contribution in [0.15, 0.2) is 66.7 Å². The second-order valence-electron chi connectivity index (χ2n) is 7.69. The molecular weight excluding hydrogens is 376 g/mol. The average molecular weight is 405 g/mol. The number of nitrogens with zero attached hydrogens (tertiary/aromatic N) is 4. The van der Waals surface area contributed by atoms with Crippen LogP contribution in [0.2, 0.25) is 0 Å². The fraction of sp³-hybridized carbons (Fsp3) is 0.333. The molecule has 6 heteroatoms. The molecule has 0 atom stereocenters. The van der Waals surface area contributed by atoms with Crippen LogP contribution in [0.1, 0.15) is 5.56 Å².